The number of anilines is 1. The van der Waals surface area contributed by atoms with E-state index in [-0.39, 0.29) is 11.7 Å². The topological polar surface area (TPSA) is 46.2 Å². The van der Waals surface area contributed by atoms with Crippen molar-refractivity contribution in [3.63, 3.8) is 0 Å². The molecule has 0 saturated carbocycles. The molecule has 3 rings (SSSR count). The normalized spacial score (nSPS) is 10.3. The Morgan fingerprint density at radius 3 is 1.92 bits per heavy atom. The second-order valence-corrected chi connectivity index (χ2v) is 6.03. The van der Waals surface area contributed by atoms with E-state index in [1.807, 2.05) is 50.2 Å². The van der Waals surface area contributed by atoms with E-state index in [4.69, 9.17) is 0 Å². The molecule has 0 aliphatic carbocycles. The van der Waals surface area contributed by atoms with Crippen molar-refractivity contribution in [3.05, 3.63) is 101 Å². The molecule has 0 aromatic heterocycles. The highest BCUT2D eigenvalue weighted by Gasteiger charge is 2.11. The molecule has 0 spiro atoms. The van der Waals surface area contributed by atoms with Gasteiger partial charge in [0, 0.05) is 22.4 Å². The molecular weight excluding hydrogens is 310 g/mol. The van der Waals surface area contributed by atoms with Crippen LogP contribution in [0.5, 0.6) is 0 Å². The zero-order chi connectivity index (χ0) is 17.8. The molecule has 124 valence electrons. The van der Waals surface area contributed by atoms with Gasteiger partial charge in [-0.3, -0.25) is 9.59 Å². The van der Waals surface area contributed by atoms with Gasteiger partial charge in [0.05, 0.1) is 0 Å². The Hall–Kier alpha value is -3.20. The van der Waals surface area contributed by atoms with Crippen LogP contribution < -0.4 is 5.32 Å². The number of benzene rings is 3. The molecule has 3 aromatic carbocycles. The molecular formula is C22H19NO2. The van der Waals surface area contributed by atoms with Crippen LogP contribution in [-0.4, -0.2) is 11.7 Å². The van der Waals surface area contributed by atoms with E-state index in [2.05, 4.69) is 5.32 Å². The van der Waals surface area contributed by atoms with Crippen molar-refractivity contribution in [3.8, 4) is 0 Å². The highest BCUT2D eigenvalue weighted by atomic mass is 16.1. The third-order valence-electron chi connectivity index (χ3n) is 4.21. The number of hydrogen-bond acceptors (Lipinski definition) is 2. The number of carbonyl (C=O) groups is 2. The summed E-state index contributed by atoms with van der Waals surface area (Å²) in [7, 11) is 0. The van der Waals surface area contributed by atoms with Crippen molar-refractivity contribution in [2.75, 3.05) is 5.32 Å². The molecule has 0 bridgehead atoms. The van der Waals surface area contributed by atoms with Crippen LogP contribution in [-0.2, 0) is 0 Å². The fourth-order valence-electron chi connectivity index (χ4n) is 2.55. The van der Waals surface area contributed by atoms with Crippen LogP contribution in [0.1, 0.15) is 37.4 Å². The van der Waals surface area contributed by atoms with Gasteiger partial charge in [-0.15, -0.1) is 0 Å². The zero-order valence-corrected chi connectivity index (χ0v) is 14.2. The monoisotopic (exact) mass is 329 g/mol. The lowest BCUT2D eigenvalue weighted by Gasteiger charge is -2.08. The van der Waals surface area contributed by atoms with Gasteiger partial charge in [0.15, 0.2) is 5.78 Å². The molecule has 1 N–H and O–H groups in total. The predicted octanol–water partition coefficient (Wildman–Crippen LogP) is 4.79. The molecule has 3 heteroatoms. The van der Waals surface area contributed by atoms with E-state index in [9.17, 15) is 9.59 Å². The van der Waals surface area contributed by atoms with Gasteiger partial charge >= 0.3 is 0 Å². The smallest absolute Gasteiger partial charge is 0.255 e. The Kier molecular flexibility index (Phi) is 4.75. The number of amides is 1. The van der Waals surface area contributed by atoms with Gasteiger partial charge in [-0.1, -0.05) is 48.5 Å². The summed E-state index contributed by atoms with van der Waals surface area (Å²) in [5.41, 5.74) is 4.78. The lowest BCUT2D eigenvalue weighted by Crippen LogP contribution is -2.12. The molecule has 3 aromatic rings. The Morgan fingerprint density at radius 2 is 1.28 bits per heavy atom. The third kappa shape index (κ3) is 3.83. The average Bonchev–Trinajstić information content (AvgIpc) is 2.65. The van der Waals surface area contributed by atoms with Crippen molar-refractivity contribution in [1.29, 1.82) is 0 Å². The number of rotatable bonds is 4. The summed E-state index contributed by atoms with van der Waals surface area (Å²) in [5.74, 6) is -0.247. The van der Waals surface area contributed by atoms with Gasteiger partial charge in [0.2, 0.25) is 0 Å². The Labute approximate surface area is 147 Å². The second kappa shape index (κ2) is 7.14. The van der Waals surface area contributed by atoms with Crippen molar-refractivity contribution >= 4 is 17.4 Å². The summed E-state index contributed by atoms with van der Waals surface area (Å²) < 4.78 is 0. The van der Waals surface area contributed by atoms with E-state index >= 15 is 0 Å². The molecule has 0 heterocycles. The quantitative estimate of drug-likeness (QED) is 0.700. The predicted molar refractivity (Wildman–Crippen MR) is 100 cm³/mol. The first-order chi connectivity index (χ1) is 12.0. The minimum Gasteiger partial charge on any atom is -0.322 e. The summed E-state index contributed by atoms with van der Waals surface area (Å²) in [4.78, 5) is 24.8. The maximum Gasteiger partial charge on any atom is 0.255 e. The molecule has 0 fully saturated rings. The fraction of sp³-hybridized carbons (Fsp3) is 0.0909. The summed E-state index contributed by atoms with van der Waals surface area (Å²) >= 11 is 0. The first-order valence-electron chi connectivity index (χ1n) is 8.13. The lowest BCUT2D eigenvalue weighted by molar-refractivity contribution is 0.102. The molecule has 25 heavy (non-hydrogen) atoms. The van der Waals surface area contributed by atoms with Crippen LogP contribution in [0.3, 0.4) is 0 Å². The van der Waals surface area contributed by atoms with Crippen LogP contribution >= 0.6 is 0 Å². The SMILES string of the molecule is Cc1ccc(NC(=O)c2ccc(C(=O)c3ccccc3)cc2)cc1C. The van der Waals surface area contributed by atoms with E-state index in [1.54, 1.807) is 36.4 Å². The van der Waals surface area contributed by atoms with E-state index in [0.29, 0.717) is 16.7 Å². The molecule has 0 radical (unpaired) electrons. The van der Waals surface area contributed by atoms with Crippen molar-refractivity contribution in [2.24, 2.45) is 0 Å². The minimum absolute atomic E-state index is 0.0540. The van der Waals surface area contributed by atoms with Gasteiger partial charge in [-0.05, 0) is 49.2 Å². The van der Waals surface area contributed by atoms with Gasteiger partial charge in [0.25, 0.3) is 5.91 Å². The van der Waals surface area contributed by atoms with E-state index in [0.717, 1.165) is 11.3 Å². The first-order valence-corrected chi connectivity index (χ1v) is 8.13. The van der Waals surface area contributed by atoms with Crippen molar-refractivity contribution < 1.29 is 9.59 Å². The van der Waals surface area contributed by atoms with Gasteiger partial charge < -0.3 is 5.32 Å². The molecule has 0 aliphatic heterocycles. The Balaban J connectivity index is 1.74. The maximum absolute atomic E-state index is 12.4. The standard InChI is InChI=1S/C22H19NO2/c1-15-8-13-20(14-16(15)2)23-22(25)19-11-9-18(10-12-19)21(24)17-6-4-3-5-7-17/h3-14H,1-2H3,(H,23,25). The third-order valence-corrected chi connectivity index (χ3v) is 4.21. The zero-order valence-electron chi connectivity index (χ0n) is 14.2. The van der Waals surface area contributed by atoms with Gasteiger partial charge in [-0.2, -0.15) is 0 Å². The van der Waals surface area contributed by atoms with Crippen LogP contribution in [0.4, 0.5) is 5.69 Å². The fourth-order valence-corrected chi connectivity index (χ4v) is 2.55. The summed E-state index contributed by atoms with van der Waals surface area (Å²) in [5, 5.41) is 2.88. The number of nitrogens with one attached hydrogen (secondary N) is 1. The highest BCUT2D eigenvalue weighted by Crippen LogP contribution is 2.16. The molecule has 0 atom stereocenters. The molecule has 3 nitrogen and oxygen atoms in total. The van der Waals surface area contributed by atoms with Crippen LogP contribution in [0.25, 0.3) is 0 Å². The minimum atomic E-state index is -0.193. The summed E-state index contributed by atoms with van der Waals surface area (Å²) in [6.07, 6.45) is 0. The molecule has 1 amide bonds. The van der Waals surface area contributed by atoms with Crippen LogP contribution in [0, 0.1) is 13.8 Å². The lowest BCUT2D eigenvalue weighted by atomic mass is 10.0. The Bertz CT molecular complexity index is 913. The Morgan fingerprint density at radius 1 is 0.680 bits per heavy atom. The van der Waals surface area contributed by atoms with Gasteiger partial charge in [0.1, 0.15) is 0 Å². The summed E-state index contributed by atoms with van der Waals surface area (Å²) in [6, 6.07) is 21.6. The molecule has 0 aliphatic rings. The van der Waals surface area contributed by atoms with Crippen molar-refractivity contribution in [1.82, 2.24) is 0 Å². The van der Waals surface area contributed by atoms with Gasteiger partial charge in [-0.25, -0.2) is 0 Å². The average molecular weight is 329 g/mol. The number of aryl methyl sites for hydroxylation is 2. The summed E-state index contributed by atoms with van der Waals surface area (Å²) in [6.45, 7) is 4.04. The van der Waals surface area contributed by atoms with E-state index in [1.165, 1.54) is 5.56 Å². The molecule has 0 unspecified atom stereocenters. The molecule has 0 saturated heterocycles. The van der Waals surface area contributed by atoms with Crippen LogP contribution in [0.2, 0.25) is 0 Å². The number of hydrogen-bond donors (Lipinski definition) is 1. The highest BCUT2D eigenvalue weighted by molar-refractivity contribution is 6.10. The van der Waals surface area contributed by atoms with Crippen molar-refractivity contribution in [2.45, 2.75) is 13.8 Å². The maximum atomic E-state index is 12.4. The number of ketones is 1. The number of carbonyl (C=O) groups excluding carboxylic acids is 2. The van der Waals surface area contributed by atoms with E-state index < -0.39 is 0 Å². The second-order valence-electron chi connectivity index (χ2n) is 6.03. The van der Waals surface area contributed by atoms with Crippen LogP contribution in [0.15, 0.2) is 72.8 Å². The first kappa shape index (κ1) is 16.7. The largest absolute Gasteiger partial charge is 0.322 e.